The first-order valence-electron chi connectivity index (χ1n) is 9.70. The van der Waals surface area contributed by atoms with Crippen LogP contribution in [0, 0.1) is 5.82 Å². The first-order valence-corrected chi connectivity index (χ1v) is 13.2. The van der Waals surface area contributed by atoms with Gasteiger partial charge < -0.3 is 10.1 Å². The summed E-state index contributed by atoms with van der Waals surface area (Å²) in [6.45, 7) is 3.14. The van der Waals surface area contributed by atoms with Gasteiger partial charge in [-0.1, -0.05) is 6.08 Å². The Kier molecular flexibility index (Phi) is 6.70. The maximum absolute atomic E-state index is 14.8. The van der Waals surface area contributed by atoms with Crippen LogP contribution >= 0.6 is 0 Å². The van der Waals surface area contributed by atoms with Gasteiger partial charge in [-0.2, -0.15) is 0 Å². The summed E-state index contributed by atoms with van der Waals surface area (Å²) in [5, 5.41) is 2.57. The number of ether oxygens (including phenoxy) is 1. The zero-order valence-electron chi connectivity index (χ0n) is 17.2. The van der Waals surface area contributed by atoms with Gasteiger partial charge in [-0.25, -0.2) is 21.8 Å². The smallest absolute Gasteiger partial charge is 0.414 e. The van der Waals surface area contributed by atoms with Crippen molar-refractivity contribution < 1.29 is 31.3 Å². The third kappa shape index (κ3) is 5.62. The average molecular weight is 474 g/mol. The molecule has 1 N–H and O–H groups in total. The molecule has 1 fully saturated rings. The summed E-state index contributed by atoms with van der Waals surface area (Å²) < 4.78 is 59.6. The van der Waals surface area contributed by atoms with Gasteiger partial charge in [0.2, 0.25) is 5.91 Å². The monoisotopic (exact) mass is 473 g/mol. The molecule has 0 aliphatic carbocycles. The predicted octanol–water partition coefficient (Wildman–Crippen LogP) is 1.89. The molecule has 2 amide bonds. The molecule has 1 saturated heterocycles. The fourth-order valence-electron chi connectivity index (χ4n) is 3.29. The van der Waals surface area contributed by atoms with Crippen LogP contribution in [0.3, 0.4) is 0 Å². The molecular formula is C19H24FN3O6S2. The average Bonchev–Trinajstić information content (AvgIpc) is 3.07. The Bertz CT molecular complexity index is 1160. The molecule has 2 aliphatic heterocycles. The highest BCUT2D eigenvalue weighted by atomic mass is 32.3. The van der Waals surface area contributed by atoms with Crippen molar-refractivity contribution >= 4 is 43.0 Å². The Morgan fingerprint density at radius 2 is 2.16 bits per heavy atom. The highest BCUT2D eigenvalue weighted by Gasteiger charge is 2.33. The summed E-state index contributed by atoms with van der Waals surface area (Å²) >= 11 is 0. The van der Waals surface area contributed by atoms with Crippen LogP contribution in [0.2, 0.25) is 0 Å². The number of nitrogens with zero attached hydrogens (tertiary/aromatic N) is 2. The van der Waals surface area contributed by atoms with Crippen LogP contribution in [-0.4, -0.2) is 61.1 Å². The third-order valence-corrected chi connectivity index (χ3v) is 9.21. The topological polar surface area (TPSA) is 122 Å². The number of carbonyl (C=O) groups is 2. The highest BCUT2D eigenvalue weighted by Crippen LogP contribution is 2.30. The number of nitrogens with one attached hydrogen (secondary N) is 1. The molecule has 2 aliphatic rings. The molecule has 1 aromatic rings. The second kappa shape index (κ2) is 8.95. The van der Waals surface area contributed by atoms with Crippen LogP contribution in [0.25, 0.3) is 5.57 Å². The number of rotatable bonds is 6. The van der Waals surface area contributed by atoms with Gasteiger partial charge in [0, 0.05) is 18.2 Å². The largest absolute Gasteiger partial charge is 0.442 e. The molecule has 3 rings (SSSR count). The first kappa shape index (κ1) is 23.2. The number of anilines is 1. The number of cyclic esters (lactones) is 1. The van der Waals surface area contributed by atoms with Crippen molar-refractivity contribution in [3.05, 3.63) is 35.7 Å². The van der Waals surface area contributed by atoms with Crippen LogP contribution in [0.5, 0.6) is 0 Å². The van der Waals surface area contributed by atoms with E-state index in [4.69, 9.17) is 4.74 Å². The van der Waals surface area contributed by atoms with E-state index in [1.54, 1.807) is 12.1 Å². The molecule has 0 saturated carbocycles. The number of sulfonamides is 1. The molecule has 9 nitrogen and oxygen atoms in total. The van der Waals surface area contributed by atoms with Gasteiger partial charge >= 0.3 is 6.09 Å². The van der Waals surface area contributed by atoms with Crippen molar-refractivity contribution in [2.75, 3.05) is 35.2 Å². The number of hydrogen-bond donors (Lipinski definition) is 1. The molecule has 170 valence electrons. The van der Waals surface area contributed by atoms with Crippen LogP contribution in [0.1, 0.15) is 25.8 Å². The summed E-state index contributed by atoms with van der Waals surface area (Å²) in [6.07, 6.45) is 0.628. The molecule has 2 heterocycles. The Morgan fingerprint density at radius 1 is 1.42 bits per heavy atom. The van der Waals surface area contributed by atoms with Gasteiger partial charge in [0.25, 0.3) is 10.0 Å². The molecule has 0 aromatic heterocycles. The predicted molar refractivity (Wildman–Crippen MR) is 115 cm³/mol. The summed E-state index contributed by atoms with van der Waals surface area (Å²) in [5.41, 5.74) is 1.23. The van der Waals surface area contributed by atoms with E-state index in [-0.39, 0.29) is 42.7 Å². The molecule has 0 bridgehead atoms. The van der Waals surface area contributed by atoms with E-state index in [9.17, 15) is 26.6 Å². The standard InChI is InChI=1S/C19H24FN3O6S2/c1-3-31(27,28)22-30(26)8-6-14(7-9-30)17-5-4-15(10-18(17)20)23-12-16(29-19(23)25)11-21-13(2)24/h4-6,10,16H,3,7-9,11-12H2,1-2H3,(H,21,24)/t16-,30?/m1/s1. The lowest BCUT2D eigenvalue weighted by Crippen LogP contribution is -2.33. The minimum atomic E-state index is -3.73. The Hall–Kier alpha value is -2.47. The normalized spacial score (nSPS) is 23.8. The molecule has 12 heteroatoms. The van der Waals surface area contributed by atoms with E-state index in [2.05, 4.69) is 9.08 Å². The number of amides is 2. The minimum absolute atomic E-state index is 0.0303. The Balaban J connectivity index is 1.76. The second-order valence-electron chi connectivity index (χ2n) is 7.29. The lowest BCUT2D eigenvalue weighted by molar-refractivity contribution is -0.119. The quantitative estimate of drug-likeness (QED) is 0.673. The zero-order chi connectivity index (χ0) is 22.8. The number of hydrogen-bond acceptors (Lipinski definition) is 6. The molecule has 1 aromatic carbocycles. The van der Waals surface area contributed by atoms with Gasteiger partial charge in [-0.05, 0) is 37.1 Å². The van der Waals surface area contributed by atoms with Crippen LogP contribution in [0.15, 0.2) is 28.0 Å². The summed E-state index contributed by atoms with van der Waals surface area (Å²) in [7, 11) is -6.65. The lowest BCUT2D eigenvalue weighted by atomic mass is 10.0. The van der Waals surface area contributed by atoms with Gasteiger partial charge in [0.05, 0.1) is 40.0 Å². The van der Waals surface area contributed by atoms with Crippen LogP contribution in [0.4, 0.5) is 14.9 Å². The zero-order valence-corrected chi connectivity index (χ0v) is 18.8. The van der Waals surface area contributed by atoms with E-state index >= 15 is 0 Å². The Morgan fingerprint density at radius 3 is 2.74 bits per heavy atom. The maximum Gasteiger partial charge on any atom is 0.414 e. The lowest BCUT2D eigenvalue weighted by Gasteiger charge is -2.19. The van der Waals surface area contributed by atoms with Crippen molar-refractivity contribution in [2.24, 2.45) is 3.77 Å². The van der Waals surface area contributed by atoms with E-state index in [1.807, 2.05) is 0 Å². The molecule has 0 radical (unpaired) electrons. The molecule has 1 unspecified atom stereocenters. The van der Waals surface area contributed by atoms with E-state index in [0.29, 0.717) is 16.8 Å². The van der Waals surface area contributed by atoms with Gasteiger partial charge in [-0.15, -0.1) is 3.77 Å². The highest BCUT2D eigenvalue weighted by molar-refractivity contribution is 8.03. The minimum Gasteiger partial charge on any atom is -0.442 e. The number of carbonyl (C=O) groups excluding carboxylic acids is 2. The molecular weight excluding hydrogens is 449 g/mol. The van der Waals surface area contributed by atoms with Crippen molar-refractivity contribution in [2.45, 2.75) is 26.4 Å². The van der Waals surface area contributed by atoms with E-state index < -0.39 is 37.8 Å². The van der Waals surface area contributed by atoms with E-state index in [1.165, 1.54) is 30.9 Å². The van der Waals surface area contributed by atoms with Crippen molar-refractivity contribution in [3.63, 3.8) is 0 Å². The number of halogens is 1. The third-order valence-electron chi connectivity index (χ3n) is 4.96. The summed E-state index contributed by atoms with van der Waals surface area (Å²) in [5.74, 6) is -1.06. The molecule has 31 heavy (non-hydrogen) atoms. The Labute approximate surface area is 180 Å². The van der Waals surface area contributed by atoms with Gasteiger partial charge in [0.15, 0.2) is 0 Å². The van der Waals surface area contributed by atoms with Crippen molar-refractivity contribution in [1.29, 1.82) is 0 Å². The van der Waals surface area contributed by atoms with Gasteiger partial charge in [-0.3, -0.25) is 9.69 Å². The molecule has 2 atom stereocenters. The SMILES string of the molecule is CCS(=O)(=O)N=S1(=O)CC=C(c2ccc(N3C[C@@H](CNC(C)=O)OC3=O)cc2F)CC1. The fourth-order valence-corrected chi connectivity index (χ4v) is 7.07. The number of benzene rings is 1. The fraction of sp³-hybridized carbons (Fsp3) is 0.474. The maximum atomic E-state index is 14.8. The van der Waals surface area contributed by atoms with Crippen molar-refractivity contribution in [1.82, 2.24) is 5.32 Å². The van der Waals surface area contributed by atoms with Gasteiger partial charge in [0.1, 0.15) is 11.9 Å². The summed E-state index contributed by atoms with van der Waals surface area (Å²) in [4.78, 5) is 24.4. The number of allylic oxidation sites excluding steroid dienone is 1. The summed E-state index contributed by atoms with van der Waals surface area (Å²) in [6, 6.07) is 4.33. The van der Waals surface area contributed by atoms with Crippen LogP contribution in [-0.2, 0) is 29.3 Å². The molecule has 0 spiro atoms. The first-order chi connectivity index (χ1) is 14.5. The van der Waals surface area contributed by atoms with Crippen molar-refractivity contribution in [3.8, 4) is 0 Å². The van der Waals surface area contributed by atoms with E-state index in [0.717, 1.165) is 0 Å². The van der Waals surface area contributed by atoms with Crippen LogP contribution < -0.4 is 10.2 Å². The second-order valence-corrected chi connectivity index (χ2v) is 11.9.